The summed E-state index contributed by atoms with van der Waals surface area (Å²) >= 11 is 17.7. The number of hydrogen-bond acceptors (Lipinski definition) is 12. The van der Waals surface area contributed by atoms with Crippen LogP contribution in [0.15, 0.2) is 112 Å². The van der Waals surface area contributed by atoms with E-state index in [0.29, 0.717) is 36.4 Å². The van der Waals surface area contributed by atoms with Gasteiger partial charge in [0.25, 0.3) is 5.01 Å². The lowest BCUT2D eigenvalue weighted by atomic mass is 9.88. The van der Waals surface area contributed by atoms with Crippen molar-refractivity contribution >= 4 is 146 Å². The number of para-hydroxylation sites is 2. The Morgan fingerprint density at radius 3 is 2.20 bits per heavy atom. The number of aliphatic hydroxyl groups excluding tert-OH is 1. The lowest BCUT2D eigenvalue weighted by molar-refractivity contribution is -0.669. The lowest BCUT2D eigenvalue weighted by Gasteiger charge is -2.23. The number of anilines is 1. The fraction of sp³-hybridized carbons (Fsp3) is 0.407. The first-order valence-electron chi connectivity index (χ1n) is 26.8. The summed E-state index contributed by atoms with van der Waals surface area (Å²) in [7, 11) is 0. The van der Waals surface area contributed by atoms with E-state index in [-0.39, 0.29) is 17.4 Å². The molecule has 16 heteroatoms. The van der Waals surface area contributed by atoms with E-state index in [1.807, 2.05) is 30.4 Å². The van der Waals surface area contributed by atoms with Crippen LogP contribution in [0.2, 0.25) is 0 Å². The van der Waals surface area contributed by atoms with Crippen LogP contribution >= 0.6 is 101 Å². The molecule has 7 aromatic rings. The average Bonchev–Trinajstić information content (AvgIpc) is 4.27. The van der Waals surface area contributed by atoms with Gasteiger partial charge < -0.3 is 15.3 Å². The Morgan fingerprint density at radius 1 is 0.773 bits per heavy atom. The van der Waals surface area contributed by atoms with Gasteiger partial charge in [-0.25, -0.2) is 0 Å². The summed E-state index contributed by atoms with van der Waals surface area (Å²) in [5, 5.41) is 16.5. The second-order valence-electron chi connectivity index (χ2n) is 19.3. The van der Waals surface area contributed by atoms with Crippen molar-refractivity contribution in [2.24, 2.45) is 0 Å². The maximum Gasteiger partial charge on any atom is 0.263 e. The van der Waals surface area contributed by atoms with E-state index in [2.05, 4.69) is 116 Å². The average molecular weight is 1250 g/mol. The number of nitrogens with one attached hydrogen (secondary N) is 1. The number of halogens is 2. The van der Waals surface area contributed by atoms with Crippen LogP contribution < -0.4 is 14.8 Å². The van der Waals surface area contributed by atoms with Crippen molar-refractivity contribution < 1.29 is 19.3 Å². The molecule has 0 saturated heterocycles. The van der Waals surface area contributed by atoms with E-state index in [1.54, 1.807) is 57.5 Å². The number of ketones is 1. The number of unbranched alkanes of at least 4 members (excludes halogenated alkanes) is 10. The van der Waals surface area contributed by atoms with Crippen LogP contribution in [-0.2, 0) is 29.0 Å². The lowest BCUT2D eigenvalue weighted by Crippen LogP contribution is -2.35. The standard InChI is InChI=1S/C59H65Br2N5O3S6/c1-4-7-10-13-22-38-33-47(73-58(38)60)40-35-48(53(55-54(40)63-75-64-55)49-34-39(59(61)74-49)23-14-11-8-5-2)70-32-28-50(67)62-29-19-21-31-66-44-25-16-18-27-46(44)72-52(66)37-42-56(68)41(57(42)69)36-51-65(30-20-12-9-6-3)43-24-15-17-26-45(43)71-51/h15-18,24-27,33-37H,4-14,19-23,28-32H2,1-3H3,(H-,62,67,68,69)/p+1. The van der Waals surface area contributed by atoms with Crippen molar-refractivity contribution in [2.45, 2.75) is 146 Å². The molecule has 1 aliphatic heterocycles. The molecular weight excluding hydrogens is 1180 g/mol. The number of Topliss-reactive ketones (excluding diaryl/α,β-unsaturated/α-hetero) is 1. The molecule has 0 radical (unpaired) electrons. The number of amides is 1. The van der Waals surface area contributed by atoms with Crippen LogP contribution in [0.3, 0.4) is 0 Å². The molecule has 0 spiro atoms. The van der Waals surface area contributed by atoms with Gasteiger partial charge in [0.15, 0.2) is 6.54 Å². The second kappa shape index (κ2) is 27.3. The SMILES string of the molecule is CCCCCCc1cc(-c2cc(SCCC(=O)NCCCCN3/C(=C/C4=C(O)C(=C\c5sc6ccccc6[n+]5CCCCCC)/C4=O)Sc4ccccc43)c(-c3cc(CCCCCC)c(Br)s3)c3nsnc23)sc1Br. The van der Waals surface area contributed by atoms with Crippen LogP contribution in [0.4, 0.5) is 5.69 Å². The first-order chi connectivity index (χ1) is 36.7. The fourth-order valence-electron chi connectivity index (χ4n) is 9.75. The van der Waals surface area contributed by atoms with Crippen LogP contribution in [0.1, 0.15) is 133 Å². The van der Waals surface area contributed by atoms with Gasteiger partial charge in [-0.15, -0.1) is 34.4 Å². The number of benzene rings is 3. The number of thiazole rings is 1. The summed E-state index contributed by atoms with van der Waals surface area (Å²) in [5.41, 5.74) is 9.75. The zero-order chi connectivity index (χ0) is 52.3. The highest BCUT2D eigenvalue weighted by atomic mass is 79.9. The number of allylic oxidation sites excluding steroid dienone is 3. The smallest absolute Gasteiger partial charge is 0.263 e. The number of carbonyl (C=O) groups is 2. The van der Waals surface area contributed by atoms with Gasteiger partial charge in [0.05, 0.1) is 41.2 Å². The molecule has 0 saturated carbocycles. The van der Waals surface area contributed by atoms with Gasteiger partial charge in [-0.3, -0.25) is 9.59 Å². The molecule has 2 N–H and O–H groups in total. The minimum Gasteiger partial charge on any atom is -0.506 e. The van der Waals surface area contributed by atoms with E-state index in [1.165, 1.54) is 109 Å². The van der Waals surface area contributed by atoms with Crippen LogP contribution in [0, 0.1) is 0 Å². The number of thioether (sulfide) groups is 2. The minimum atomic E-state index is -0.135. The largest absolute Gasteiger partial charge is 0.506 e. The Bertz CT molecular complexity index is 3240. The molecule has 8 nitrogen and oxygen atoms in total. The van der Waals surface area contributed by atoms with Crippen molar-refractivity contribution in [2.75, 3.05) is 23.7 Å². The molecule has 394 valence electrons. The zero-order valence-corrected chi connectivity index (χ0v) is 51.2. The van der Waals surface area contributed by atoms with E-state index >= 15 is 0 Å². The van der Waals surface area contributed by atoms with Gasteiger partial charge in [-0.2, -0.15) is 13.3 Å². The molecule has 0 fully saturated rings. The van der Waals surface area contributed by atoms with Crippen LogP contribution in [-0.4, -0.2) is 44.4 Å². The highest BCUT2D eigenvalue weighted by Crippen LogP contribution is 2.49. The predicted octanol–water partition coefficient (Wildman–Crippen LogP) is 18.3. The molecule has 2 aliphatic rings. The first kappa shape index (κ1) is 56.1. The maximum atomic E-state index is 13.8. The number of hydrogen-bond donors (Lipinski definition) is 2. The quantitative estimate of drug-likeness (QED) is 0.0217. The monoisotopic (exact) mass is 1240 g/mol. The molecule has 3 aromatic carbocycles. The molecular formula is C59H66Br2N5O3S6+. The number of aryl methyl sites for hydroxylation is 3. The first-order valence-corrected chi connectivity index (χ1v) is 33.4. The molecule has 1 aliphatic carbocycles. The number of aromatic nitrogens is 3. The van der Waals surface area contributed by atoms with Crippen molar-refractivity contribution in [3.05, 3.63) is 118 Å². The van der Waals surface area contributed by atoms with Crippen molar-refractivity contribution in [1.82, 2.24) is 14.1 Å². The Morgan fingerprint density at radius 2 is 1.45 bits per heavy atom. The number of carbonyl (C=O) groups excluding carboxylic acids is 2. The normalized spacial score (nSPS) is 14.6. The molecule has 5 heterocycles. The molecule has 0 bridgehead atoms. The third kappa shape index (κ3) is 13.5. The molecule has 9 rings (SSSR count). The molecule has 75 heavy (non-hydrogen) atoms. The van der Waals surface area contributed by atoms with Crippen molar-refractivity contribution in [3.63, 3.8) is 0 Å². The van der Waals surface area contributed by atoms with Crippen molar-refractivity contribution in [3.8, 4) is 20.9 Å². The summed E-state index contributed by atoms with van der Waals surface area (Å²) in [6.07, 6.45) is 22.2. The highest BCUT2D eigenvalue weighted by molar-refractivity contribution is 9.11. The molecule has 0 atom stereocenters. The summed E-state index contributed by atoms with van der Waals surface area (Å²) in [6.45, 7) is 8.89. The van der Waals surface area contributed by atoms with E-state index in [0.717, 1.165) is 98.3 Å². The molecule has 4 aromatic heterocycles. The van der Waals surface area contributed by atoms with Gasteiger partial charge in [-0.1, -0.05) is 120 Å². The summed E-state index contributed by atoms with van der Waals surface area (Å²) in [4.78, 5) is 34.2. The maximum absolute atomic E-state index is 13.8. The highest BCUT2D eigenvalue weighted by Gasteiger charge is 2.36. The number of nitrogens with zero attached hydrogens (tertiary/aromatic N) is 4. The summed E-state index contributed by atoms with van der Waals surface area (Å²) in [6, 6.07) is 23.6. The van der Waals surface area contributed by atoms with Gasteiger partial charge in [-0.05, 0) is 130 Å². The number of fused-ring (bicyclic) bond motifs is 3. The fourth-order valence-corrected chi connectivity index (χ4v) is 17.3. The van der Waals surface area contributed by atoms with Crippen LogP contribution in [0.25, 0.3) is 48.2 Å². The van der Waals surface area contributed by atoms with E-state index < -0.39 is 0 Å². The summed E-state index contributed by atoms with van der Waals surface area (Å²) < 4.78 is 15.7. The van der Waals surface area contributed by atoms with Gasteiger partial charge in [0.1, 0.15) is 21.5 Å². The Kier molecular flexibility index (Phi) is 20.4. The summed E-state index contributed by atoms with van der Waals surface area (Å²) in [5.74, 6) is 0.590. The number of thiophene rings is 2. The van der Waals surface area contributed by atoms with Crippen LogP contribution in [0.5, 0.6) is 0 Å². The Labute approximate surface area is 484 Å². The third-order valence-corrected chi connectivity index (χ3v) is 21.7. The number of aliphatic hydroxyl groups is 1. The predicted molar refractivity (Wildman–Crippen MR) is 329 cm³/mol. The van der Waals surface area contributed by atoms with E-state index in [4.69, 9.17) is 8.75 Å². The van der Waals surface area contributed by atoms with Gasteiger partial charge >= 0.3 is 0 Å². The Balaban J connectivity index is 0.846. The van der Waals surface area contributed by atoms with E-state index in [9.17, 15) is 14.7 Å². The van der Waals surface area contributed by atoms with Crippen molar-refractivity contribution in [1.29, 1.82) is 0 Å². The van der Waals surface area contributed by atoms with Gasteiger partial charge in [0.2, 0.25) is 17.2 Å². The Hall–Kier alpha value is -3.61. The molecule has 0 unspecified atom stereocenters. The third-order valence-electron chi connectivity index (χ3n) is 13.9. The second-order valence-corrected chi connectivity index (χ2v) is 27.9. The zero-order valence-electron chi connectivity index (χ0n) is 43.1. The molecule has 1 amide bonds. The topological polar surface area (TPSA) is 99.3 Å². The number of rotatable bonds is 28. The minimum absolute atomic E-state index is 0.0406. The van der Waals surface area contributed by atoms with Gasteiger partial charge in [0, 0.05) is 74.5 Å².